The van der Waals surface area contributed by atoms with Crippen molar-refractivity contribution in [2.24, 2.45) is 0 Å². The topological polar surface area (TPSA) is 70.8 Å². The van der Waals surface area contributed by atoms with Crippen LogP contribution in [0.3, 0.4) is 0 Å². The average molecular weight is 464 g/mol. The van der Waals surface area contributed by atoms with E-state index in [1.54, 1.807) is 13.0 Å². The number of nitrogens with zero attached hydrogens (tertiary/aromatic N) is 1. The van der Waals surface area contributed by atoms with E-state index < -0.39 is 5.97 Å². The van der Waals surface area contributed by atoms with Crippen molar-refractivity contribution in [1.29, 1.82) is 0 Å². The highest BCUT2D eigenvalue weighted by Gasteiger charge is 2.14. The van der Waals surface area contributed by atoms with Crippen LogP contribution < -0.4 is 4.74 Å². The first kappa shape index (κ1) is 25.1. The lowest BCUT2D eigenvalue weighted by atomic mass is 10.0. The van der Waals surface area contributed by atoms with E-state index in [0.717, 1.165) is 28.1 Å². The monoisotopic (exact) mass is 463 g/mol. The zero-order valence-electron chi connectivity index (χ0n) is 20.8. The summed E-state index contributed by atoms with van der Waals surface area (Å²) in [5, 5.41) is 0. The SMILES string of the molecule is CCOC(=O)/C(=C\c1ccc(OCc2nc(-c3ccc(C(C)C)cc3)oc2C)cc1C)OCC. The van der Waals surface area contributed by atoms with E-state index in [9.17, 15) is 4.79 Å². The summed E-state index contributed by atoms with van der Waals surface area (Å²) in [6, 6.07) is 13.9. The molecule has 0 saturated carbocycles. The lowest BCUT2D eigenvalue weighted by Gasteiger charge is -2.10. The Bertz CT molecular complexity index is 1140. The number of hydrogen-bond acceptors (Lipinski definition) is 6. The number of oxazole rings is 1. The number of aromatic nitrogens is 1. The first-order chi connectivity index (χ1) is 16.3. The van der Waals surface area contributed by atoms with Gasteiger partial charge in [-0.1, -0.05) is 32.0 Å². The van der Waals surface area contributed by atoms with Crippen molar-refractivity contribution in [3.05, 3.63) is 76.4 Å². The zero-order chi connectivity index (χ0) is 24.7. The van der Waals surface area contributed by atoms with Crippen LogP contribution in [0.2, 0.25) is 0 Å². The van der Waals surface area contributed by atoms with Crippen LogP contribution in [-0.4, -0.2) is 24.2 Å². The second kappa shape index (κ2) is 11.5. The standard InChI is InChI=1S/C28H33NO5/c1-7-31-26(28(30)32-8-2)16-23-13-14-24(15-19(23)5)33-17-25-20(6)34-27(29-25)22-11-9-21(10-12-22)18(3)4/h9-16,18H,7-8,17H2,1-6H3/b26-16+. The van der Waals surface area contributed by atoms with Gasteiger partial charge in [0.25, 0.3) is 0 Å². The third kappa shape index (κ3) is 6.28. The van der Waals surface area contributed by atoms with E-state index in [4.69, 9.17) is 18.6 Å². The van der Waals surface area contributed by atoms with Crippen molar-refractivity contribution in [2.75, 3.05) is 13.2 Å². The first-order valence-electron chi connectivity index (χ1n) is 11.6. The summed E-state index contributed by atoms with van der Waals surface area (Å²) in [6.07, 6.45) is 1.69. The molecule has 34 heavy (non-hydrogen) atoms. The fraction of sp³-hybridized carbons (Fsp3) is 0.357. The van der Waals surface area contributed by atoms with E-state index in [-0.39, 0.29) is 5.76 Å². The molecule has 1 aromatic heterocycles. The molecule has 3 rings (SSSR count). The Balaban J connectivity index is 1.71. The lowest BCUT2D eigenvalue weighted by molar-refractivity contribution is -0.142. The summed E-state index contributed by atoms with van der Waals surface area (Å²) < 4.78 is 22.4. The third-order valence-corrected chi connectivity index (χ3v) is 5.40. The van der Waals surface area contributed by atoms with Gasteiger partial charge in [-0.3, -0.25) is 0 Å². The summed E-state index contributed by atoms with van der Waals surface area (Å²) >= 11 is 0. The number of aryl methyl sites for hydroxylation is 2. The molecular formula is C28H33NO5. The molecule has 6 nitrogen and oxygen atoms in total. The lowest BCUT2D eigenvalue weighted by Crippen LogP contribution is -2.10. The maximum atomic E-state index is 12.1. The van der Waals surface area contributed by atoms with E-state index >= 15 is 0 Å². The van der Waals surface area contributed by atoms with E-state index in [2.05, 4.69) is 31.0 Å². The van der Waals surface area contributed by atoms with Crippen LogP contribution in [0.4, 0.5) is 0 Å². The molecule has 0 aliphatic heterocycles. The van der Waals surface area contributed by atoms with Crippen LogP contribution >= 0.6 is 0 Å². The van der Waals surface area contributed by atoms with Crippen molar-refractivity contribution in [1.82, 2.24) is 4.98 Å². The minimum Gasteiger partial charge on any atom is -0.487 e. The van der Waals surface area contributed by atoms with Gasteiger partial charge in [0.05, 0.1) is 13.2 Å². The Kier molecular flexibility index (Phi) is 8.52. The van der Waals surface area contributed by atoms with Gasteiger partial charge in [0.2, 0.25) is 11.6 Å². The summed E-state index contributed by atoms with van der Waals surface area (Å²) in [6.45, 7) is 12.7. The van der Waals surface area contributed by atoms with Gasteiger partial charge in [0.1, 0.15) is 23.8 Å². The predicted molar refractivity (Wildman–Crippen MR) is 133 cm³/mol. The molecule has 0 spiro atoms. The van der Waals surface area contributed by atoms with E-state index in [0.29, 0.717) is 37.4 Å². The normalized spacial score (nSPS) is 11.6. The van der Waals surface area contributed by atoms with E-state index in [1.165, 1.54) is 5.56 Å². The molecule has 0 amide bonds. The molecule has 0 N–H and O–H groups in total. The molecule has 0 bridgehead atoms. The van der Waals surface area contributed by atoms with Crippen molar-refractivity contribution in [3.63, 3.8) is 0 Å². The molecular weight excluding hydrogens is 430 g/mol. The molecule has 6 heteroatoms. The maximum absolute atomic E-state index is 12.1. The van der Waals surface area contributed by atoms with Crippen molar-refractivity contribution < 1.29 is 23.4 Å². The molecule has 2 aromatic carbocycles. The second-order valence-electron chi connectivity index (χ2n) is 8.27. The first-order valence-corrected chi connectivity index (χ1v) is 11.6. The minimum absolute atomic E-state index is 0.188. The van der Waals surface area contributed by atoms with Crippen LogP contribution in [0.15, 0.2) is 52.6 Å². The van der Waals surface area contributed by atoms with Gasteiger partial charge in [-0.25, -0.2) is 9.78 Å². The average Bonchev–Trinajstić information content (AvgIpc) is 3.19. The Morgan fingerprint density at radius 1 is 1.03 bits per heavy atom. The zero-order valence-corrected chi connectivity index (χ0v) is 20.8. The molecule has 0 aliphatic carbocycles. The van der Waals surface area contributed by atoms with Crippen LogP contribution in [0, 0.1) is 13.8 Å². The van der Waals surface area contributed by atoms with Crippen LogP contribution in [-0.2, 0) is 20.9 Å². The van der Waals surface area contributed by atoms with Crippen molar-refractivity contribution >= 4 is 12.0 Å². The van der Waals surface area contributed by atoms with Crippen molar-refractivity contribution in [2.45, 2.75) is 54.1 Å². The van der Waals surface area contributed by atoms with Gasteiger partial charge in [0, 0.05) is 5.56 Å². The number of rotatable bonds is 10. The Morgan fingerprint density at radius 2 is 1.74 bits per heavy atom. The number of carbonyl (C=O) groups is 1. The number of hydrogen-bond donors (Lipinski definition) is 0. The molecule has 0 radical (unpaired) electrons. The van der Waals surface area contributed by atoms with Gasteiger partial charge in [-0.05, 0) is 80.6 Å². The van der Waals surface area contributed by atoms with Crippen LogP contribution in [0.5, 0.6) is 5.75 Å². The quantitative estimate of drug-likeness (QED) is 0.192. The molecule has 3 aromatic rings. The summed E-state index contributed by atoms with van der Waals surface area (Å²) in [5.41, 5.74) is 4.78. The number of benzene rings is 2. The minimum atomic E-state index is -0.472. The summed E-state index contributed by atoms with van der Waals surface area (Å²) in [4.78, 5) is 16.7. The van der Waals surface area contributed by atoms with Crippen LogP contribution in [0.1, 0.15) is 61.8 Å². The van der Waals surface area contributed by atoms with Gasteiger partial charge in [-0.15, -0.1) is 0 Å². The smallest absolute Gasteiger partial charge is 0.373 e. The molecule has 0 unspecified atom stereocenters. The molecule has 180 valence electrons. The Morgan fingerprint density at radius 3 is 2.35 bits per heavy atom. The number of ether oxygens (including phenoxy) is 3. The fourth-order valence-electron chi connectivity index (χ4n) is 3.41. The van der Waals surface area contributed by atoms with Gasteiger partial charge in [0.15, 0.2) is 0 Å². The maximum Gasteiger partial charge on any atom is 0.373 e. The number of esters is 1. The highest BCUT2D eigenvalue weighted by Crippen LogP contribution is 2.26. The Hall–Kier alpha value is -3.54. The predicted octanol–water partition coefficient (Wildman–Crippen LogP) is 6.60. The van der Waals surface area contributed by atoms with E-state index in [1.807, 2.05) is 51.1 Å². The van der Waals surface area contributed by atoms with Crippen LogP contribution in [0.25, 0.3) is 17.5 Å². The highest BCUT2D eigenvalue weighted by atomic mass is 16.6. The molecule has 0 saturated heterocycles. The highest BCUT2D eigenvalue weighted by molar-refractivity contribution is 5.91. The largest absolute Gasteiger partial charge is 0.487 e. The molecule has 1 heterocycles. The number of carbonyl (C=O) groups excluding carboxylic acids is 1. The van der Waals surface area contributed by atoms with Gasteiger partial charge < -0.3 is 18.6 Å². The van der Waals surface area contributed by atoms with Gasteiger partial charge in [-0.2, -0.15) is 0 Å². The Labute approximate surface area is 201 Å². The van der Waals surface area contributed by atoms with Crippen molar-refractivity contribution in [3.8, 4) is 17.2 Å². The fourth-order valence-corrected chi connectivity index (χ4v) is 3.41. The second-order valence-corrected chi connectivity index (χ2v) is 8.27. The third-order valence-electron chi connectivity index (χ3n) is 5.40. The molecule has 0 atom stereocenters. The molecule has 0 aliphatic rings. The summed E-state index contributed by atoms with van der Waals surface area (Å²) in [7, 11) is 0. The molecule has 0 fully saturated rings. The van der Waals surface area contributed by atoms with Gasteiger partial charge >= 0.3 is 5.97 Å². The summed E-state index contributed by atoms with van der Waals surface area (Å²) in [5.74, 6) is 2.22.